The van der Waals surface area contributed by atoms with E-state index >= 15 is 0 Å². The molecule has 0 aliphatic heterocycles. The van der Waals surface area contributed by atoms with Crippen LogP contribution in [0.15, 0.2) is 34.2 Å². The lowest BCUT2D eigenvalue weighted by Crippen LogP contribution is -2.17. The van der Waals surface area contributed by atoms with Crippen LogP contribution in [0.4, 0.5) is 4.39 Å². The van der Waals surface area contributed by atoms with Gasteiger partial charge in [-0.3, -0.25) is 9.36 Å². The van der Waals surface area contributed by atoms with Crippen molar-refractivity contribution in [2.75, 3.05) is 20.3 Å². The van der Waals surface area contributed by atoms with Crippen molar-refractivity contribution >= 4 is 39.3 Å². The van der Waals surface area contributed by atoms with Crippen LogP contribution in [0, 0.1) is 12.7 Å². The lowest BCUT2D eigenvalue weighted by Gasteiger charge is -2.17. The van der Waals surface area contributed by atoms with Crippen molar-refractivity contribution in [3.8, 4) is 5.75 Å². The van der Waals surface area contributed by atoms with Gasteiger partial charge in [-0.15, -0.1) is 21.5 Å². The third-order valence-electron chi connectivity index (χ3n) is 5.43. The second-order valence-electron chi connectivity index (χ2n) is 8.05. The number of thiophene rings is 1. The molecule has 10 nitrogen and oxygen atoms in total. The number of ether oxygens (including phenoxy) is 3. The van der Waals surface area contributed by atoms with Crippen molar-refractivity contribution < 1.29 is 23.4 Å². The average molecular weight is 548 g/mol. The molecule has 0 spiro atoms. The molecule has 196 valence electrons. The van der Waals surface area contributed by atoms with Gasteiger partial charge in [-0.05, 0) is 38.5 Å². The highest BCUT2D eigenvalue weighted by molar-refractivity contribution is 7.98. The number of fused-ring (bicyclic) bond motifs is 1. The molecule has 0 radical (unpaired) electrons. The summed E-state index contributed by atoms with van der Waals surface area (Å²) >= 11 is 2.46. The third-order valence-corrected chi connectivity index (χ3v) is 7.55. The number of esters is 1. The van der Waals surface area contributed by atoms with Crippen LogP contribution in [0.2, 0.25) is 0 Å². The fourth-order valence-corrected chi connectivity index (χ4v) is 5.77. The van der Waals surface area contributed by atoms with E-state index in [1.807, 2.05) is 11.5 Å². The number of nitrogens with one attached hydrogen (secondary N) is 1. The molecule has 1 N–H and O–H groups in total. The van der Waals surface area contributed by atoms with E-state index in [0.717, 1.165) is 11.3 Å². The van der Waals surface area contributed by atoms with Crippen LogP contribution in [0.25, 0.3) is 10.2 Å². The number of methoxy groups -OCH3 is 1. The zero-order valence-electron chi connectivity index (χ0n) is 20.7. The summed E-state index contributed by atoms with van der Waals surface area (Å²) in [6.45, 7) is 6.03. The summed E-state index contributed by atoms with van der Waals surface area (Å²) < 4.78 is 31.9. The highest BCUT2D eigenvalue weighted by Crippen LogP contribution is 2.29. The Bertz CT molecular complexity index is 1470. The summed E-state index contributed by atoms with van der Waals surface area (Å²) in [5, 5.41) is 9.47. The van der Waals surface area contributed by atoms with Crippen molar-refractivity contribution in [1.29, 1.82) is 0 Å². The quantitative estimate of drug-likeness (QED) is 0.217. The van der Waals surface area contributed by atoms with Crippen LogP contribution in [-0.2, 0) is 21.8 Å². The van der Waals surface area contributed by atoms with E-state index in [0.29, 0.717) is 49.8 Å². The Balaban J connectivity index is 1.57. The smallest absolute Gasteiger partial charge is 0.348 e. The zero-order valence-corrected chi connectivity index (χ0v) is 22.4. The molecule has 4 rings (SSSR count). The average Bonchev–Trinajstić information content (AvgIpc) is 3.43. The molecule has 4 aromatic rings. The maximum Gasteiger partial charge on any atom is 0.348 e. The van der Waals surface area contributed by atoms with Crippen LogP contribution in [-0.4, -0.2) is 51.0 Å². The van der Waals surface area contributed by atoms with E-state index in [2.05, 4.69) is 20.2 Å². The Morgan fingerprint density at radius 3 is 2.81 bits per heavy atom. The number of carbonyl (C=O) groups excluding carboxylic acids is 1. The maximum atomic E-state index is 14.0. The van der Waals surface area contributed by atoms with Gasteiger partial charge in [0.2, 0.25) is 0 Å². The first-order chi connectivity index (χ1) is 17.8. The van der Waals surface area contributed by atoms with E-state index in [1.54, 1.807) is 39.2 Å². The van der Waals surface area contributed by atoms with Gasteiger partial charge in [0.15, 0.2) is 22.5 Å². The molecular formula is C24H26FN5O5S2. The highest BCUT2D eigenvalue weighted by Gasteiger charge is 2.22. The number of halogens is 1. The van der Waals surface area contributed by atoms with Crippen molar-refractivity contribution in [3.05, 3.63) is 62.5 Å². The van der Waals surface area contributed by atoms with Crippen LogP contribution >= 0.6 is 23.1 Å². The molecule has 1 aromatic carbocycles. The summed E-state index contributed by atoms with van der Waals surface area (Å²) in [5.41, 5.74) is 0.233. The standard InChI is InChI=1S/C24H26FN5O5S2/c1-5-34-23(32)20-14(3)19-21(31)26-17(27-22(19)37-20)12-36-24-29-28-18(30(24)13(2)10-33-4)11-35-16-9-7-6-8-15(16)25/h6-9,13H,5,10-12H2,1-4H3,(H,26,27,31). The minimum atomic E-state index is -0.469. The summed E-state index contributed by atoms with van der Waals surface area (Å²) in [7, 11) is 1.60. The molecule has 1 unspecified atom stereocenters. The molecule has 0 amide bonds. The lowest BCUT2D eigenvalue weighted by atomic mass is 10.2. The van der Waals surface area contributed by atoms with E-state index in [-0.39, 0.29) is 30.6 Å². The Morgan fingerprint density at radius 1 is 1.30 bits per heavy atom. The van der Waals surface area contributed by atoms with Gasteiger partial charge in [-0.1, -0.05) is 23.9 Å². The topological polar surface area (TPSA) is 121 Å². The van der Waals surface area contributed by atoms with Crippen LogP contribution < -0.4 is 10.3 Å². The van der Waals surface area contributed by atoms with E-state index in [9.17, 15) is 14.0 Å². The SMILES string of the molecule is CCOC(=O)c1sc2nc(CSc3nnc(COc4ccccc4F)n3C(C)COC)[nH]c(=O)c2c1C. The first-order valence-corrected chi connectivity index (χ1v) is 13.3. The minimum absolute atomic E-state index is 0.00863. The molecule has 13 heteroatoms. The number of para-hydroxylation sites is 1. The Labute approximate surface area is 220 Å². The Kier molecular flexibility index (Phi) is 8.56. The first kappa shape index (κ1) is 26.8. The van der Waals surface area contributed by atoms with E-state index in [4.69, 9.17) is 14.2 Å². The van der Waals surface area contributed by atoms with E-state index in [1.165, 1.54) is 17.8 Å². The first-order valence-electron chi connectivity index (χ1n) is 11.5. The number of aryl methyl sites for hydroxylation is 1. The van der Waals surface area contributed by atoms with Gasteiger partial charge in [0.05, 0.1) is 30.4 Å². The second kappa shape index (κ2) is 11.8. The molecule has 0 bridgehead atoms. The van der Waals surface area contributed by atoms with Gasteiger partial charge in [-0.25, -0.2) is 14.2 Å². The van der Waals surface area contributed by atoms with Gasteiger partial charge in [0.1, 0.15) is 22.1 Å². The van der Waals surface area contributed by atoms with Crippen LogP contribution in [0.5, 0.6) is 5.75 Å². The molecule has 0 fully saturated rings. The molecule has 1 atom stereocenters. The molecule has 0 aliphatic rings. The predicted molar refractivity (Wildman–Crippen MR) is 138 cm³/mol. The zero-order chi connectivity index (χ0) is 26.5. The fourth-order valence-electron chi connectivity index (χ4n) is 3.75. The fraction of sp³-hybridized carbons (Fsp3) is 0.375. The number of H-pyrrole nitrogens is 1. The lowest BCUT2D eigenvalue weighted by molar-refractivity contribution is 0.0531. The minimum Gasteiger partial charge on any atom is -0.483 e. The van der Waals surface area contributed by atoms with Gasteiger partial charge in [-0.2, -0.15) is 0 Å². The Morgan fingerprint density at radius 2 is 2.08 bits per heavy atom. The second-order valence-corrected chi connectivity index (χ2v) is 9.99. The summed E-state index contributed by atoms with van der Waals surface area (Å²) in [6.07, 6.45) is 0. The maximum absolute atomic E-state index is 14.0. The van der Waals surface area contributed by atoms with Gasteiger partial charge < -0.3 is 19.2 Å². The normalized spacial score (nSPS) is 12.1. The third kappa shape index (κ3) is 5.84. The summed E-state index contributed by atoms with van der Waals surface area (Å²) in [5.74, 6) is 0.409. The van der Waals surface area contributed by atoms with Crippen molar-refractivity contribution in [2.45, 2.75) is 44.3 Å². The van der Waals surface area contributed by atoms with Crippen LogP contribution in [0.1, 0.15) is 46.8 Å². The van der Waals surface area contributed by atoms with Gasteiger partial charge >= 0.3 is 5.97 Å². The number of thioether (sulfide) groups is 1. The number of nitrogens with zero attached hydrogens (tertiary/aromatic N) is 4. The highest BCUT2D eigenvalue weighted by atomic mass is 32.2. The molecule has 0 aliphatic carbocycles. The number of aromatic nitrogens is 5. The molecule has 37 heavy (non-hydrogen) atoms. The molecule has 0 saturated carbocycles. The molecule has 0 saturated heterocycles. The largest absolute Gasteiger partial charge is 0.483 e. The van der Waals surface area contributed by atoms with Gasteiger partial charge in [0, 0.05) is 7.11 Å². The Hall–Kier alpha value is -3.29. The van der Waals surface area contributed by atoms with Crippen molar-refractivity contribution in [1.82, 2.24) is 24.7 Å². The number of benzene rings is 1. The van der Waals surface area contributed by atoms with Crippen molar-refractivity contribution in [2.24, 2.45) is 0 Å². The number of hydrogen-bond donors (Lipinski definition) is 1. The predicted octanol–water partition coefficient (Wildman–Crippen LogP) is 4.28. The number of carbonyl (C=O) groups is 1. The number of aromatic amines is 1. The summed E-state index contributed by atoms with van der Waals surface area (Å²) in [4.78, 5) is 33.2. The number of rotatable bonds is 11. The van der Waals surface area contributed by atoms with Gasteiger partial charge in [0.25, 0.3) is 5.56 Å². The number of hydrogen-bond acceptors (Lipinski definition) is 10. The summed E-state index contributed by atoms with van der Waals surface area (Å²) in [6, 6.07) is 6.01. The van der Waals surface area contributed by atoms with Crippen molar-refractivity contribution in [3.63, 3.8) is 0 Å². The van der Waals surface area contributed by atoms with Crippen LogP contribution in [0.3, 0.4) is 0 Å². The molecular weight excluding hydrogens is 521 g/mol. The molecule has 3 aromatic heterocycles. The monoisotopic (exact) mass is 547 g/mol. The van der Waals surface area contributed by atoms with E-state index < -0.39 is 11.8 Å². The molecule has 3 heterocycles.